The minimum absolute atomic E-state index is 0.139. The number of carbonyl (C=O) groups is 2. The molecule has 3 atom stereocenters. The molecular formula is C18H24ClNO4. The molecular weight excluding hydrogens is 330 g/mol. The Labute approximate surface area is 147 Å². The van der Waals surface area contributed by atoms with E-state index in [1.54, 1.807) is 12.1 Å². The number of rotatable bonds is 5. The van der Waals surface area contributed by atoms with Crippen LogP contribution in [0.25, 0.3) is 0 Å². The van der Waals surface area contributed by atoms with Crippen LogP contribution in [0.3, 0.4) is 0 Å². The zero-order valence-corrected chi connectivity index (χ0v) is 15.1. The maximum absolute atomic E-state index is 12.1. The molecule has 0 aromatic heterocycles. The van der Waals surface area contributed by atoms with Gasteiger partial charge < -0.3 is 14.8 Å². The van der Waals surface area contributed by atoms with Crippen LogP contribution < -0.4 is 10.1 Å². The van der Waals surface area contributed by atoms with E-state index in [2.05, 4.69) is 19.2 Å². The highest BCUT2D eigenvalue weighted by Gasteiger charge is 2.28. The monoisotopic (exact) mass is 353 g/mol. The Morgan fingerprint density at radius 1 is 1.29 bits per heavy atom. The van der Waals surface area contributed by atoms with Crippen LogP contribution in [0.5, 0.6) is 5.75 Å². The summed E-state index contributed by atoms with van der Waals surface area (Å²) in [5, 5.41) is 3.37. The van der Waals surface area contributed by atoms with E-state index in [1.807, 2.05) is 0 Å². The summed E-state index contributed by atoms with van der Waals surface area (Å²) in [6.07, 6.45) is 3.26. The number of nitrogens with one attached hydrogen (secondary N) is 1. The number of hydrogen-bond donors (Lipinski definition) is 1. The predicted octanol–water partition coefficient (Wildman–Crippen LogP) is 3.45. The third kappa shape index (κ3) is 4.63. The molecule has 0 radical (unpaired) electrons. The van der Waals surface area contributed by atoms with Gasteiger partial charge in [0.25, 0.3) is 5.91 Å². The summed E-state index contributed by atoms with van der Waals surface area (Å²) in [4.78, 5) is 24.2. The number of benzene rings is 1. The quantitative estimate of drug-likeness (QED) is 0.823. The van der Waals surface area contributed by atoms with Crippen molar-refractivity contribution in [2.75, 3.05) is 13.7 Å². The van der Waals surface area contributed by atoms with Crippen molar-refractivity contribution in [2.24, 2.45) is 11.8 Å². The topological polar surface area (TPSA) is 64.6 Å². The SMILES string of the molecule is COc1ccc(Cl)cc1C(=O)OCC(=O)N[C@@H]1CCC[C@H](C)[C@H]1C. The van der Waals surface area contributed by atoms with Crippen molar-refractivity contribution >= 4 is 23.5 Å². The van der Waals surface area contributed by atoms with Gasteiger partial charge in [0, 0.05) is 11.1 Å². The Kier molecular flexibility index (Phi) is 6.49. The summed E-state index contributed by atoms with van der Waals surface area (Å²) in [6, 6.07) is 4.81. The third-order valence-corrected chi connectivity index (χ3v) is 5.00. The van der Waals surface area contributed by atoms with E-state index in [1.165, 1.54) is 19.6 Å². The molecule has 0 heterocycles. The van der Waals surface area contributed by atoms with Crippen molar-refractivity contribution < 1.29 is 19.1 Å². The molecule has 6 heteroatoms. The van der Waals surface area contributed by atoms with E-state index in [9.17, 15) is 9.59 Å². The molecule has 0 unspecified atom stereocenters. The highest BCUT2D eigenvalue weighted by Crippen LogP contribution is 2.29. The van der Waals surface area contributed by atoms with Gasteiger partial charge in [-0.25, -0.2) is 4.79 Å². The maximum atomic E-state index is 12.1. The molecule has 1 aromatic carbocycles. The summed E-state index contributed by atoms with van der Waals surface area (Å²) in [5.41, 5.74) is 0.206. The van der Waals surface area contributed by atoms with E-state index >= 15 is 0 Å². The van der Waals surface area contributed by atoms with E-state index in [-0.39, 0.29) is 24.1 Å². The van der Waals surface area contributed by atoms with Crippen molar-refractivity contribution in [2.45, 2.75) is 39.2 Å². The molecule has 5 nitrogen and oxygen atoms in total. The average molecular weight is 354 g/mol. The van der Waals surface area contributed by atoms with Crippen molar-refractivity contribution in [1.82, 2.24) is 5.32 Å². The van der Waals surface area contributed by atoms with Crippen LogP contribution in [-0.4, -0.2) is 31.6 Å². The number of hydrogen-bond acceptors (Lipinski definition) is 4. The lowest BCUT2D eigenvalue weighted by Crippen LogP contribution is -2.45. The Morgan fingerprint density at radius 2 is 2.04 bits per heavy atom. The lowest BCUT2D eigenvalue weighted by atomic mass is 9.78. The number of esters is 1. The molecule has 1 aliphatic rings. The smallest absolute Gasteiger partial charge is 0.342 e. The number of methoxy groups -OCH3 is 1. The van der Waals surface area contributed by atoms with Gasteiger partial charge in [-0.2, -0.15) is 0 Å². The molecule has 0 saturated heterocycles. The molecule has 1 aliphatic carbocycles. The summed E-state index contributed by atoms with van der Waals surface area (Å²) in [7, 11) is 1.46. The van der Waals surface area contributed by atoms with Crippen LogP contribution in [0.2, 0.25) is 5.02 Å². The standard InChI is InChI=1S/C18H24ClNO4/c1-11-5-4-6-15(12(11)2)20-17(21)10-24-18(22)14-9-13(19)7-8-16(14)23-3/h7-9,11-12,15H,4-6,10H2,1-3H3,(H,20,21)/t11-,12+,15+/m0/s1. The molecule has 0 bridgehead atoms. The normalized spacial score (nSPS) is 23.4. The fourth-order valence-corrected chi connectivity index (χ4v) is 3.25. The van der Waals surface area contributed by atoms with Crippen LogP contribution in [-0.2, 0) is 9.53 Å². The van der Waals surface area contributed by atoms with Gasteiger partial charge in [0.05, 0.1) is 7.11 Å². The van der Waals surface area contributed by atoms with Gasteiger partial charge in [0.2, 0.25) is 0 Å². The van der Waals surface area contributed by atoms with Gasteiger partial charge in [0.1, 0.15) is 11.3 Å². The lowest BCUT2D eigenvalue weighted by molar-refractivity contribution is -0.125. The fourth-order valence-electron chi connectivity index (χ4n) is 3.08. The second kappa shape index (κ2) is 8.38. The number of carbonyl (C=O) groups excluding carboxylic acids is 2. The molecule has 24 heavy (non-hydrogen) atoms. The van der Waals surface area contributed by atoms with Crippen LogP contribution in [0, 0.1) is 11.8 Å². The molecule has 1 saturated carbocycles. The first-order valence-electron chi connectivity index (χ1n) is 8.22. The van der Waals surface area contributed by atoms with Gasteiger partial charge in [-0.1, -0.05) is 38.3 Å². The summed E-state index contributed by atoms with van der Waals surface area (Å²) < 4.78 is 10.2. The van der Waals surface area contributed by atoms with Crippen LogP contribution in [0.4, 0.5) is 0 Å². The van der Waals surface area contributed by atoms with Gasteiger partial charge in [0.15, 0.2) is 6.61 Å². The van der Waals surface area contributed by atoms with Gasteiger partial charge in [-0.05, 0) is 36.5 Å². The van der Waals surface area contributed by atoms with E-state index in [4.69, 9.17) is 21.1 Å². The van der Waals surface area contributed by atoms with Crippen molar-refractivity contribution in [3.05, 3.63) is 28.8 Å². The van der Waals surface area contributed by atoms with Crippen molar-refractivity contribution in [3.63, 3.8) is 0 Å². The highest BCUT2D eigenvalue weighted by molar-refractivity contribution is 6.31. The summed E-state index contributed by atoms with van der Waals surface area (Å²) in [6.45, 7) is 4.04. The van der Waals surface area contributed by atoms with Crippen LogP contribution in [0.15, 0.2) is 18.2 Å². The van der Waals surface area contributed by atoms with Gasteiger partial charge in [-0.15, -0.1) is 0 Å². The van der Waals surface area contributed by atoms with E-state index in [0.717, 1.165) is 12.8 Å². The van der Waals surface area contributed by atoms with Crippen molar-refractivity contribution in [1.29, 1.82) is 0 Å². The number of amides is 1. The largest absolute Gasteiger partial charge is 0.496 e. The zero-order valence-electron chi connectivity index (χ0n) is 14.3. The third-order valence-electron chi connectivity index (χ3n) is 4.77. The highest BCUT2D eigenvalue weighted by atomic mass is 35.5. The van der Waals surface area contributed by atoms with Crippen molar-refractivity contribution in [3.8, 4) is 5.75 Å². The molecule has 2 rings (SSSR count). The number of halogens is 1. The van der Waals surface area contributed by atoms with E-state index in [0.29, 0.717) is 22.6 Å². The average Bonchev–Trinajstić information content (AvgIpc) is 2.56. The van der Waals surface area contributed by atoms with Crippen LogP contribution >= 0.6 is 11.6 Å². The first-order valence-corrected chi connectivity index (χ1v) is 8.60. The molecule has 1 fully saturated rings. The first-order chi connectivity index (χ1) is 11.4. The second-order valence-corrected chi connectivity index (χ2v) is 6.80. The lowest BCUT2D eigenvalue weighted by Gasteiger charge is -2.34. The molecule has 1 aromatic rings. The number of ether oxygens (including phenoxy) is 2. The molecule has 132 valence electrons. The zero-order chi connectivity index (χ0) is 17.7. The van der Waals surface area contributed by atoms with Gasteiger partial charge >= 0.3 is 5.97 Å². The summed E-state index contributed by atoms with van der Waals surface area (Å²) >= 11 is 5.90. The second-order valence-electron chi connectivity index (χ2n) is 6.36. The summed E-state index contributed by atoms with van der Waals surface area (Å²) in [5.74, 6) is 0.457. The Bertz CT molecular complexity index is 605. The van der Waals surface area contributed by atoms with Crippen LogP contribution in [0.1, 0.15) is 43.5 Å². The minimum atomic E-state index is -0.630. The molecule has 0 spiro atoms. The molecule has 0 aliphatic heterocycles. The Hall–Kier alpha value is -1.75. The van der Waals surface area contributed by atoms with E-state index < -0.39 is 5.97 Å². The first kappa shape index (κ1) is 18.6. The minimum Gasteiger partial charge on any atom is -0.496 e. The van der Waals surface area contributed by atoms with Gasteiger partial charge in [-0.3, -0.25) is 4.79 Å². The fraction of sp³-hybridized carbons (Fsp3) is 0.556. The maximum Gasteiger partial charge on any atom is 0.342 e. The Balaban J connectivity index is 1.89. The Morgan fingerprint density at radius 3 is 2.75 bits per heavy atom. The molecule has 1 N–H and O–H groups in total. The predicted molar refractivity (Wildman–Crippen MR) is 92.4 cm³/mol. The molecule has 1 amide bonds.